The van der Waals surface area contributed by atoms with E-state index in [9.17, 15) is 8.42 Å². The minimum atomic E-state index is -2.83. The number of hydrogen-bond acceptors (Lipinski definition) is 3. The fraction of sp³-hybridized carbons (Fsp3) is 0.750. The number of rotatable bonds is 4. The van der Waals surface area contributed by atoms with Crippen molar-refractivity contribution >= 4 is 39.8 Å². The van der Waals surface area contributed by atoms with E-state index >= 15 is 0 Å². The highest BCUT2D eigenvalue weighted by atomic mass is 127. The molecule has 0 aromatic heterocycles. The number of hydrogen-bond donors (Lipinski definition) is 2. The molecule has 0 aliphatic carbocycles. The average molecular weight is 399 g/mol. The second-order valence-corrected chi connectivity index (χ2v) is 7.04. The zero-order valence-corrected chi connectivity index (χ0v) is 14.5. The van der Waals surface area contributed by atoms with Gasteiger partial charge in [0.05, 0.1) is 18.1 Å². The molecule has 0 bridgehead atoms. The summed E-state index contributed by atoms with van der Waals surface area (Å²) in [5.41, 5.74) is 0. The van der Waals surface area contributed by atoms with Gasteiger partial charge in [0.2, 0.25) is 0 Å². The third-order valence-electron chi connectivity index (χ3n) is 2.62. The normalized spacial score (nSPS) is 21.6. The van der Waals surface area contributed by atoms with Crippen LogP contribution in [-0.4, -0.2) is 45.0 Å². The van der Waals surface area contributed by atoms with Crippen LogP contribution < -0.4 is 10.6 Å². The third-order valence-corrected chi connectivity index (χ3v) is 4.45. The molecular formula is C12H22IN3O2S. The van der Waals surface area contributed by atoms with E-state index in [0.29, 0.717) is 25.5 Å². The minimum absolute atomic E-state index is 0. The summed E-state index contributed by atoms with van der Waals surface area (Å²) in [6.45, 7) is 4.94. The molecule has 7 heteroatoms. The van der Waals surface area contributed by atoms with Gasteiger partial charge < -0.3 is 10.6 Å². The van der Waals surface area contributed by atoms with E-state index in [4.69, 9.17) is 6.42 Å². The number of halogens is 1. The van der Waals surface area contributed by atoms with Gasteiger partial charge in [0.1, 0.15) is 0 Å². The largest absolute Gasteiger partial charge is 0.354 e. The average Bonchev–Trinajstić information content (AvgIpc) is 2.61. The van der Waals surface area contributed by atoms with Crippen LogP contribution in [0.1, 0.15) is 20.3 Å². The Morgan fingerprint density at radius 1 is 1.53 bits per heavy atom. The Hall–Kier alpha value is -0.490. The van der Waals surface area contributed by atoms with Gasteiger partial charge in [0.25, 0.3) is 0 Å². The van der Waals surface area contributed by atoms with Gasteiger partial charge in [0, 0.05) is 12.6 Å². The lowest BCUT2D eigenvalue weighted by atomic mass is 10.1. The van der Waals surface area contributed by atoms with E-state index in [1.165, 1.54) is 0 Å². The summed E-state index contributed by atoms with van der Waals surface area (Å²) < 4.78 is 22.7. The number of aliphatic imine (C=N–C) groups is 1. The van der Waals surface area contributed by atoms with Crippen molar-refractivity contribution in [3.63, 3.8) is 0 Å². The molecule has 0 radical (unpaired) electrons. The van der Waals surface area contributed by atoms with Crippen molar-refractivity contribution in [1.82, 2.24) is 10.6 Å². The smallest absolute Gasteiger partial charge is 0.192 e. The molecule has 0 amide bonds. The topological polar surface area (TPSA) is 70.6 Å². The van der Waals surface area contributed by atoms with E-state index in [2.05, 4.69) is 21.5 Å². The van der Waals surface area contributed by atoms with Crippen molar-refractivity contribution in [2.24, 2.45) is 10.9 Å². The van der Waals surface area contributed by atoms with E-state index in [-0.39, 0.29) is 47.4 Å². The molecule has 19 heavy (non-hydrogen) atoms. The quantitative estimate of drug-likeness (QED) is 0.315. The Kier molecular flexibility index (Phi) is 8.41. The summed E-state index contributed by atoms with van der Waals surface area (Å²) in [5, 5.41) is 6.15. The Morgan fingerprint density at radius 3 is 2.68 bits per heavy atom. The van der Waals surface area contributed by atoms with Gasteiger partial charge in [-0.15, -0.1) is 30.4 Å². The molecule has 1 aliphatic heterocycles. The van der Waals surface area contributed by atoms with Crippen LogP contribution >= 0.6 is 24.0 Å². The summed E-state index contributed by atoms with van der Waals surface area (Å²) >= 11 is 0. The molecule has 0 spiro atoms. The summed E-state index contributed by atoms with van der Waals surface area (Å²) in [4.78, 5) is 4.38. The molecular weight excluding hydrogens is 377 g/mol. The van der Waals surface area contributed by atoms with E-state index < -0.39 is 9.84 Å². The van der Waals surface area contributed by atoms with Gasteiger partial charge >= 0.3 is 0 Å². The fourth-order valence-corrected chi connectivity index (χ4v) is 3.65. The number of nitrogens with one attached hydrogen (secondary N) is 2. The van der Waals surface area contributed by atoms with Crippen LogP contribution in [-0.2, 0) is 9.84 Å². The molecule has 1 heterocycles. The molecule has 0 aromatic carbocycles. The first kappa shape index (κ1) is 18.5. The van der Waals surface area contributed by atoms with Crippen LogP contribution in [0.15, 0.2) is 4.99 Å². The van der Waals surface area contributed by atoms with Crippen molar-refractivity contribution in [3.8, 4) is 12.3 Å². The van der Waals surface area contributed by atoms with Gasteiger partial charge in [-0.25, -0.2) is 8.42 Å². The Labute approximate surface area is 133 Å². The van der Waals surface area contributed by atoms with Crippen molar-refractivity contribution in [1.29, 1.82) is 0 Å². The van der Waals surface area contributed by atoms with Gasteiger partial charge in [0.15, 0.2) is 15.8 Å². The SMILES string of the molecule is C#CCNC(=NCC1CCS(=O)(=O)C1)NC(C)C.I. The second kappa shape index (κ2) is 8.64. The monoisotopic (exact) mass is 399 g/mol. The maximum atomic E-state index is 11.3. The number of guanidine groups is 1. The molecule has 110 valence electrons. The molecule has 2 N–H and O–H groups in total. The first-order valence-corrected chi connectivity index (χ1v) is 7.94. The fourth-order valence-electron chi connectivity index (χ4n) is 1.80. The second-order valence-electron chi connectivity index (χ2n) is 4.82. The van der Waals surface area contributed by atoms with Crippen LogP contribution in [0.4, 0.5) is 0 Å². The van der Waals surface area contributed by atoms with Crippen LogP contribution in [0.5, 0.6) is 0 Å². The summed E-state index contributed by atoms with van der Waals surface area (Å²) in [7, 11) is -2.83. The molecule has 1 rings (SSSR count). The number of sulfone groups is 1. The summed E-state index contributed by atoms with van der Waals surface area (Å²) in [5.74, 6) is 3.80. The van der Waals surface area contributed by atoms with Crippen molar-refractivity contribution in [3.05, 3.63) is 0 Å². The first-order valence-electron chi connectivity index (χ1n) is 6.11. The summed E-state index contributed by atoms with van der Waals surface area (Å²) in [6.07, 6.45) is 5.89. The molecule has 1 atom stereocenters. The Balaban J connectivity index is 0.00000324. The molecule has 1 saturated heterocycles. The zero-order chi connectivity index (χ0) is 13.6. The lowest BCUT2D eigenvalue weighted by Gasteiger charge is -2.14. The predicted molar refractivity (Wildman–Crippen MR) is 89.6 cm³/mol. The van der Waals surface area contributed by atoms with Crippen molar-refractivity contribution in [2.45, 2.75) is 26.3 Å². The van der Waals surface area contributed by atoms with E-state index in [0.717, 1.165) is 0 Å². The van der Waals surface area contributed by atoms with Gasteiger partial charge in [-0.3, -0.25) is 4.99 Å². The van der Waals surface area contributed by atoms with Gasteiger partial charge in [-0.05, 0) is 26.2 Å². The summed E-state index contributed by atoms with van der Waals surface area (Å²) in [6, 6.07) is 0.251. The number of nitrogens with zero attached hydrogens (tertiary/aromatic N) is 1. The molecule has 1 unspecified atom stereocenters. The van der Waals surface area contributed by atoms with Crippen LogP contribution in [0, 0.1) is 18.3 Å². The Morgan fingerprint density at radius 2 is 2.21 bits per heavy atom. The molecule has 1 fully saturated rings. The molecule has 0 saturated carbocycles. The molecule has 1 aliphatic rings. The highest BCUT2D eigenvalue weighted by Crippen LogP contribution is 2.18. The highest BCUT2D eigenvalue weighted by molar-refractivity contribution is 14.0. The maximum Gasteiger partial charge on any atom is 0.192 e. The highest BCUT2D eigenvalue weighted by Gasteiger charge is 2.27. The van der Waals surface area contributed by atoms with E-state index in [1.807, 2.05) is 13.8 Å². The maximum absolute atomic E-state index is 11.3. The first-order chi connectivity index (χ1) is 8.43. The molecule has 0 aromatic rings. The van der Waals surface area contributed by atoms with Crippen LogP contribution in [0.2, 0.25) is 0 Å². The van der Waals surface area contributed by atoms with Crippen LogP contribution in [0.3, 0.4) is 0 Å². The minimum Gasteiger partial charge on any atom is -0.354 e. The predicted octanol–water partition coefficient (Wildman–Crippen LogP) is 0.616. The number of terminal acetylenes is 1. The Bertz CT molecular complexity index is 440. The van der Waals surface area contributed by atoms with Crippen molar-refractivity contribution in [2.75, 3.05) is 24.6 Å². The lowest BCUT2D eigenvalue weighted by molar-refractivity contribution is 0.588. The third kappa shape index (κ3) is 7.62. The van der Waals surface area contributed by atoms with Gasteiger partial charge in [-0.2, -0.15) is 0 Å². The van der Waals surface area contributed by atoms with E-state index in [1.54, 1.807) is 0 Å². The van der Waals surface area contributed by atoms with Gasteiger partial charge in [-0.1, -0.05) is 5.92 Å². The molecule has 5 nitrogen and oxygen atoms in total. The zero-order valence-electron chi connectivity index (χ0n) is 11.3. The van der Waals surface area contributed by atoms with Crippen LogP contribution in [0.25, 0.3) is 0 Å². The standard InChI is InChI=1S/C12H21N3O2S.HI/c1-4-6-13-12(15-10(2)3)14-8-11-5-7-18(16,17)9-11;/h1,10-11H,5-9H2,2-3H3,(H2,13,14,15);1H. The van der Waals surface area contributed by atoms with Crippen molar-refractivity contribution < 1.29 is 8.42 Å². The lowest BCUT2D eigenvalue weighted by Crippen LogP contribution is -2.41.